The van der Waals surface area contributed by atoms with Gasteiger partial charge in [-0.05, 0) is 5.92 Å². The van der Waals surface area contributed by atoms with Gasteiger partial charge in [0.1, 0.15) is 0 Å². The third-order valence-electron chi connectivity index (χ3n) is 1.15. The predicted molar refractivity (Wildman–Crippen MR) is 56.0 cm³/mol. The van der Waals surface area contributed by atoms with Crippen molar-refractivity contribution >= 4 is 6.47 Å². The zero-order valence-electron chi connectivity index (χ0n) is 9.85. The number of rotatable bonds is 1. The normalized spacial score (nSPS) is 17.0. The van der Waals surface area contributed by atoms with Crippen LogP contribution < -0.4 is 5.32 Å². The SMILES string of the molecule is CC(C)C.COC=O.FC1(F)CCNC1. The molecule has 0 bridgehead atoms. The molecule has 3 nitrogen and oxygen atoms in total. The zero-order chi connectivity index (χ0) is 12.3. The molecule has 1 rings (SSSR count). The number of methoxy groups -OCH3 is 1. The second kappa shape index (κ2) is 9.83. The van der Waals surface area contributed by atoms with Gasteiger partial charge in [0, 0.05) is 13.0 Å². The second-order valence-electron chi connectivity index (χ2n) is 3.85. The molecular formula is C10H21F2NO2. The van der Waals surface area contributed by atoms with Crippen molar-refractivity contribution in [2.24, 2.45) is 5.92 Å². The van der Waals surface area contributed by atoms with Crippen LogP contribution in [0.1, 0.15) is 27.2 Å². The molecule has 0 aromatic heterocycles. The Labute approximate surface area is 90.2 Å². The molecule has 1 aliphatic heterocycles. The molecule has 92 valence electrons. The van der Waals surface area contributed by atoms with Crippen LogP contribution in [0.15, 0.2) is 0 Å². The van der Waals surface area contributed by atoms with E-state index in [1.165, 1.54) is 7.11 Å². The Morgan fingerprint density at radius 1 is 1.40 bits per heavy atom. The van der Waals surface area contributed by atoms with E-state index in [9.17, 15) is 8.78 Å². The molecule has 0 amide bonds. The van der Waals surface area contributed by atoms with Crippen molar-refractivity contribution in [2.45, 2.75) is 33.1 Å². The first-order chi connectivity index (χ1) is 6.85. The Morgan fingerprint density at radius 2 is 1.80 bits per heavy atom. The number of alkyl halides is 2. The lowest BCUT2D eigenvalue weighted by molar-refractivity contribution is -0.126. The van der Waals surface area contributed by atoms with Crippen molar-refractivity contribution in [3.8, 4) is 0 Å². The Hall–Kier alpha value is -0.710. The monoisotopic (exact) mass is 225 g/mol. The van der Waals surface area contributed by atoms with Gasteiger partial charge in [0.25, 0.3) is 12.4 Å². The number of nitrogens with one attached hydrogen (secondary N) is 1. The largest absolute Gasteiger partial charge is 0.471 e. The lowest BCUT2D eigenvalue weighted by Gasteiger charge is -2.02. The standard InChI is InChI=1S/C4H7F2N.C4H10.C2H4O2/c5-4(6)1-2-7-3-4;1-4(2)3;1-4-2-3/h7H,1-3H2;4H,1-3H3;2H,1H3. The van der Waals surface area contributed by atoms with Gasteiger partial charge in [0.05, 0.1) is 13.7 Å². The van der Waals surface area contributed by atoms with Gasteiger partial charge in [0.15, 0.2) is 0 Å². The smallest absolute Gasteiger partial charge is 0.292 e. The molecule has 0 radical (unpaired) electrons. The molecule has 0 spiro atoms. The minimum absolute atomic E-state index is 0.00694. The highest BCUT2D eigenvalue weighted by Crippen LogP contribution is 2.19. The maximum Gasteiger partial charge on any atom is 0.292 e. The van der Waals surface area contributed by atoms with E-state index in [-0.39, 0.29) is 13.0 Å². The number of hydrogen-bond acceptors (Lipinski definition) is 3. The van der Waals surface area contributed by atoms with Gasteiger partial charge in [-0.3, -0.25) is 4.79 Å². The summed E-state index contributed by atoms with van der Waals surface area (Å²) >= 11 is 0. The minimum Gasteiger partial charge on any atom is -0.471 e. The van der Waals surface area contributed by atoms with Crippen molar-refractivity contribution in [1.29, 1.82) is 0 Å². The highest BCUT2D eigenvalue weighted by molar-refractivity contribution is 5.36. The average molecular weight is 225 g/mol. The van der Waals surface area contributed by atoms with E-state index in [0.717, 1.165) is 5.92 Å². The first-order valence-corrected chi connectivity index (χ1v) is 4.90. The molecule has 1 saturated heterocycles. The topological polar surface area (TPSA) is 38.3 Å². The highest BCUT2D eigenvalue weighted by atomic mass is 19.3. The zero-order valence-corrected chi connectivity index (χ0v) is 9.85. The first kappa shape index (κ1) is 16.7. The van der Waals surface area contributed by atoms with Gasteiger partial charge in [0.2, 0.25) is 0 Å². The molecule has 0 aromatic carbocycles. The van der Waals surface area contributed by atoms with Gasteiger partial charge >= 0.3 is 0 Å². The lowest BCUT2D eigenvalue weighted by atomic mass is 10.3. The van der Waals surface area contributed by atoms with Crippen molar-refractivity contribution < 1.29 is 18.3 Å². The summed E-state index contributed by atoms with van der Waals surface area (Å²) in [5.41, 5.74) is 0. The quantitative estimate of drug-likeness (QED) is 0.694. The van der Waals surface area contributed by atoms with Crippen LogP contribution in [0.2, 0.25) is 0 Å². The molecule has 0 saturated carbocycles. The van der Waals surface area contributed by atoms with Crippen LogP contribution in [-0.2, 0) is 9.53 Å². The maximum absolute atomic E-state index is 11.9. The van der Waals surface area contributed by atoms with E-state index in [4.69, 9.17) is 4.79 Å². The Morgan fingerprint density at radius 3 is 1.87 bits per heavy atom. The van der Waals surface area contributed by atoms with E-state index >= 15 is 0 Å². The molecule has 0 atom stereocenters. The van der Waals surface area contributed by atoms with Crippen LogP contribution in [0.5, 0.6) is 0 Å². The van der Waals surface area contributed by atoms with Crippen molar-refractivity contribution in [3.05, 3.63) is 0 Å². The molecule has 1 aliphatic rings. The van der Waals surface area contributed by atoms with Crippen LogP contribution in [0.25, 0.3) is 0 Å². The van der Waals surface area contributed by atoms with Crippen LogP contribution in [0.3, 0.4) is 0 Å². The van der Waals surface area contributed by atoms with Gasteiger partial charge in [-0.1, -0.05) is 20.8 Å². The predicted octanol–water partition coefficient (Wildman–Crippen LogP) is 2.07. The average Bonchev–Trinajstić information content (AvgIpc) is 2.49. The lowest BCUT2D eigenvalue weighted by Crippen LogP contribution is -2.18. The fraction of sp³-hybridized carbons (Fsp3) is 0.900. The number of ether oxygens (including phenoxy) is 1. The van der Waals surface area contributed by atoms with Crippen molar-refractivity contribution in [3.63, 3.8) is 0 Å². The fourth-order valence-electron chi connectivity index (χ4n) is 0.631. The molecule has 0 aliphatic carbocycles. The molecule has 1 heterocycles. The summed E-state index contributed by atoms with van der Waals surface area (Å²) in [5.74, 6) is -1.58. The summed E-state index contributed by atoms with van der Waals surface area (Å²) in [7, 11) is 1.31. The third kappa shape index (κ3) is 19.6. The molecule has 1 fully saturated rings. The number of hydrogen-bond donors (Lipinski definition) is 1. The summed E-state index contributed by atoms with van der Waals surface area (Å²) in [6.45, 7) is 7.21. The molecule has 1 N–H and O–H groups in total. The van der Waals surface area contributed by atoms with E-state index in [0.29, 0.717) is 13.0 Å². The first-order valence-electron chi connectivity index (χ1n) is 4.90. The molecule has 15 heavy (non-hydrogen) atoms. The molecule has 5 heteroatoms. The summed E-state index contributed by atoms with van der Waals surface area (Å²) in [6.07, 6.45) is 0.00694. The Kier molecular flexibility index (Phi) is 11.0. The number of carbonyl (C=O) groups excluding carboxylic acids is 1. The third-order valence-corrected chi connectivity index (χ3v) is 1.15. The summed E-state index contributed by atoms with van der Waals surface area (Å²) < 4.78 is 27.6. The molecule has 0 aromatic rings. The second-order valence-corrected chi connectivity index (χ2v) is 3.85. The summed E-state index contributed by atoms with van der Waals surface area (Å²) in [6, 6.07) is 0. The van der Waals surface area contributed by atoms with Crippen molar-refractivity contribution in [1.82, 2.24) is 5.32 Å². The van der Waals surface area contributed by atoms with E-state index in [2.05, 4.69) is 30.8 Å². The Bertz CT molecular complexity index is 142. The highest BCUT2D eigenvalue weighted by Gasteiger charge is 2.32. The molecular weight excluding hydrogens is 204 g/mol. The van der Waals surface area contributed by atoms with E-state index in [1.54, 1.807) is 0 Å². The maximum atomic E-state index is 11.9. The fourth-order valence-corrected chi connectivity index (χ4v) is 0.631. The summed E-state index contributed by atoms with van der Waals surface area (Å²) in [4.78, 5) is 8.95. The van der Waals surface area contributed by atoms with Gasteiger partial charge in [-0.25, -0.2) is 8.78 Å². The number of halogens is 2. The van der Waals surface area contributed by atoms with Crippen molar-refractivity contribution in [2.75, 3.05) is 20.2 Å². The van der Waals surface area contributed by atoms with E-state index in [1.807, 2.05) is 0 Å². The minimum atomic E-state index is -2.42. The van der Waals surface area contributed by atoms with Gasteiger partial charge in [-0.15, -0.1) is 0 Å². The van der Waals surface area contributed by atoms with Crippen LogP contribution in [0, 0.1) is 5.92 Å². The van der Waals surface area contributed by atoms with E-state index < -0.39 is 5.92 Å². The Balaban J connectivity index is 0. The van der Waals surface area contributed by atoms with Gasteiger partial charge < -0.3 is 10.1 Å². The van der Waals surface area contributed by atoms with Crippen LogP contribution >= 0.6 is 0 Å². The number of carbonyl (C=O) groups is 1. The van der Waals surface area contributed by atoms with Gasteiger partial charge in [-0.2, -0.15) is 0 Å². The molecule has 0 unspecified atom stereocenters. The van der Waals surface area contributed by atoms with Crippen LogP contribution in [-0.4, -0.2) is 32.6 Å². The summed E-state index contributed by atoms with van der Waals surface area (Å²) in [5, 5.41) is 2.56. The van der Waals surface area contributed by atoms with Crippen LogP contribution in [0.4, 0.5) is 8.78 Å².